The summed E-state index contributed by atoms with van der Waals surface area (Å²) in [5.74, 6) is 0.592. The Morgan fingerprint density at radius 3 is 2.56 bits per heavy atom. The molecule has 0 radical (unpaired) electrons. The van der Waals surface area contributed by atoms with Gasteiger partial charge in [-0.15, -0.1) is 34.2 Å². The highest BCUT2D eigenvalue weighted by molar-refractivity contribution is 14.0. The van der Waals surface area contributed by atoms with Gasteiger partial charge in [-0.1, -0.05) is 12.1 Å². The second-order valence-electron chi connectivity index (χ2n) is 5.73. The maximum atomic E-state index is 12.8. The van der Waals surface area contributed by atoms with Gasteiger partial charge in [0.1, 0.15) is 12.7 Å². The van der Waals surface area contributed by atoms with E-state index in [1.54, 1.807) is 18.7 Å². The fraction of sp³-hybridized carbons (Fsp3) is 0.471. The molecule has 0 fully saturated rings. The molecule has 1 heterocycles. The van der Waals surface area contributed by atoms with E-state index in [-0.39, 0.29) is 30.5 Å². The van der Waals surface area contributed by atoms with Crippen molar-refractivity contribution in [3.8, 4) is 0 Å². The summed E-state index contributed by atoms with van der Waals surface area (Å²) < 4.78 is 40.2. The van der Waals surface area contributed by atoms with Crippen molar-refractivity contribution in [1.29, 1.82) is 0 Å². The van der Waals surface area contributed by atoms with E-state index in [4.69, 9.17) is 0 Å². The maximum absolute atomic E-state index is 12.8. The fourth-order valence-electron chi connectivity index (χ4n) is 2.32. The van der Waals surface area contributed by atoms with Gasteiger partial charge in [-0.3, -0.25) is 0 Å². The number of aryl methyl sites for hydroxylation is 1. The molecule has 0 amide bonds. The molecule has 150 valence electrons. The molecule has 0 bridgehead atoms. The summed E-state index contributed by atoms with van der Waals surface area (Å²) in [5.41, 5.74) is -0.137. The molecule has 2 rings (SSSR count). The molecule has 6 nitrogen and oxygen atoms in total. The predicted octanol–water partition coefficient (Wildman–Crippen LogP) is 3.45. The van der Waals surface area contributed by atoms with Crippen molar-refractivity contribution < 1.29 is 13.2 Å². The Kier molecular flexibility index (Phi) is 10.1. The Hall–Kier alpha value is -1.85. The van der Waals surface area contributed by atoms with E-state index in [0.29, 0.717) is 18.1 Å². The smallest absolute Gasteiger partial charge is 0.357 e. The first-order valence-electron chi connectivity index (χ1n) is 8.49. The lowest BCUT2D eigenvalue weighted by molar-refractivity contribution is -0.137. The Labute approximate surface area is 173 Å². The zero-order chi connectivity index (χ0) is 18.8. The minimum absolute atomic E-state index is 0. The first kappa shape index (κ1) is 23.2. The third kappa shape index (κ3) is 8.59. The maximum Gasteiger partial charge on any atom is 0.416 e. The number of hydrogen-bond donors (Lipinski definition) is 2. The summed E-state index contributed by atoms with van der Waals surface area (Å²) in [7, 11) is 0. The number of aromatic nitrogens is 3. The molecule has 0 atom stereocenters. The molecule has 10 heteroatoms. The van der Waals surface area contributed by atoms with Crippen molar-refractivity contribution in [3.05, 3.63) is 48.0 Å². The summed E-state index contributed by atoms with van der Waals surface area (Å²) in [6.07, 6.45) is 0.888. The largest absolute Gasteiger partial charge is 0.416 e. The van der Waals surface area contributed by atoms with Gasteiger partial charge in [0.15, 0.2) is 5.96 Å². The van der Waals surface area contributed by atoms with Crippen LogP contribution in [0.4, 0.5) is 13.2 Å². The van der Waals surface area contributed by atoms with E-state index >= 15 is 0 Å². The number of nitrogens with zero attached hydrogens (tertiary/aromatic N) is 4. The van der Waals surface area contributed by atoms with Gasteiger partial charge < -0.3 is 15.2 Å². The predicted molar refractivity (Wildman–Crippen MR) is 109 cm³/mol. The van der Waals surface area contributed by atoms with Gasteiger partial charge in [-0.05, 0) is 37.5 Å². The second kappa shape index (κ2) is 11.8. The fourth-order valence-corrected chi connectivity index (χ4v) is 2.32. The van der Waals surface area contributed by atoms with Gasteiger partial charge in [0.05, 0.1) is 12.1 Å². The highest BCUT2D eigenvalue weighted by atomic mass is 127. The summed E-state index contributed by atoms with van der Waals surface area (Å²) in [4.78, 5) is 4.36. The highest BCUT2D eigenvalue weighted by Crippen LogP contribution is 2.29. The van der Waals surface area contributed by atoms with Crippen molar-refractivity contribution in [2.45, 2.75) is 39.0 Å². The molecular weight excluding hydrogens is 472 g/mol. The Morgan fingerprint density at radius 2 is 1.89 bits per heavy atom. The molecule has 0 aliphatic rings. The summed E-state index contributed by atoms with van der Waals surface area (Å²) in [5, 5.41) is 13.8. The van der Waals surface area contributed by atoms with Gasteiger partial charge in [-0.2, -0.15) is 13.2 Å². The monoisotopic (exact) mass is 496 g/mol. The lowest BCUT2D eigenvalue weighted by atomic mass is 10.1. The minimum Gasteiger partial charge on any atom is -0.357 e. The zero-order valence-electron chi connectivity index (χ0n) is 15.0. The van der Waals surface area contributed by atoms with E-state index < -0.39 is 11.7 Å². The van der Waals surface area contributed by atoms with E-state index in [0.717, 1.165) is 38.1 Å². The molecule has 0 spiro atoms. The molecule has 0 aliphatic carbocycles. The topological polar surface area (TPSA) is 67.1 Å². The molecule has 2 aromatic rings. The van der Waals surface area contributed by atoms with E-state index in [2.05, 4.69) is 25.8 Å². The summed E-state index contributed by atoms with van der Waals surface area (Å²) in [6, 6.07) is 5.24. The SMILES string of the molecule is CCNC(=NCc1cccc(C(F)(F)F)c1)NCCCCn1cnnc1.I. The van der Waals surface area contributed by atoms with Gasteiger partial charge in [0, 0.05) is 19.6 Å². The molecule has 27 heavy (non-hydrogen) atoms. The molecule has 2 N–H and O–H groups in total. The minimum atomic E-state index is -4.34. The summed E-state index contributed by atoms with van der Waals surface area (Å²) >= 11 is 0. The van der Waals surface area contributed by atoms with Gasteiger partial charge in [0.2, 0.25) is 0 Å². The summed E-state index contributed by atoms with van der Waals surface area (Å²) in [6.45, 7) is 4.35. The van der Waals surface area contributed by atoms with Gasteiger partial charge in [0.25, 0.3) is 0 Å². The standard InChI is InChI=1S/C17H23F3N6.HI/c1-2-21-16(22-8-3-4-9-26-12-24-25-13-26)23-11-14-6-5-7-15(10-14)17(18,19)20;/h5-7,10,12-13H,2-4,8-9,11H2,1H3,(H2,21,22,23);1H. The molecule has 0 saturated carbocycles. The first-order chi connectivity index (χ1) is 12.5. The molecular formula is C17H24F3IN6. The number of benzene rings is 1. The first-order valence-corrected chi connectivity index (χ1v) is 8.49. The van der Waals surface area contributed by atoms with Crippen LogP contribution in [0.3, 0.4) is 0 Å². The Morgan fingerprint density at radius 1 is 1.15 bits per heavy atom. The lowest BCUT2D eigenvalue weighted by Crippen LogP contribution is -2.37. The van der Waals surface area contributed by atoms with Crippen molar-refractivity contribution in [2.75, 3.05) is 13.1 Å². The highest BCUT2D eigenvalue weighted by Gasteiger charge is 2.30. The number of rotatable bonds is 8. The van der Waals surface area contributed by atoms with E-state index in [1.807, 2.05) is 11.5 Å². The van der Waals surface area contributed by atoms with Crippen molar-refractivity contribution in [1.82, 2.24) is 25.4 Å². The normalized spacial score (nSPS) is 11.8. The Balaban J connectivity index is 0.00000364. The van der Waals surface area contributed by atoms with E-state index in [1.165, 1.54) is 6.07 Å². The average molecular weight is 496 g/mol. The van der Waals surface area contributed by atoms with Crippen LogP contribution in [0.15, 0.2) is 41.9 Å². The van der Waals surface area contributed by atoms with Gasteiger partial charge in [-0.25, -0.2) is 4.99 Å². The molecule has 1 aromatic carbocycles. The number of aliphatic imine (C=N–C) groups is 1. The van der Waals surface area contributed by atoms with Crippen molar-refractivity contribution in [3.63, 3.8) is 0 Å². The third-order valence-corrected chi connectivity index (χ3v) is 3.62. The molecule has 0 saturated heterocycles. The number of unbranched alkanes of at least 4 members (excludes halogenated alkanes) is 1. The van der Waals surface area contributed by atoms with Crippen LogP contribution in [0.5, 0.6) is 0 Å². The molecule has 0 aliphatic heterocycles. The number of hydrogen-bond acceptors (Lipinski definition) is 3. The van der Waals surface area contributed by atoms with Crippen LogP contribution in [0.25, 0.3) is 0 Å². The average Bonchev–Trinajstić information content (AvgIpc) is 3.12. The quantitative estimate of drug-likeness (QED) is 0.255. The van der Waals surface area contributed by atoms with Crippen LogP contribution in [0, 0.1) is 0 Å². The molecule has 0 unspecified atom stereocenters. The van der Waals surface area contributed by atoms with Gasteiger partial charge >= 0.3 is 6.18 Å². The Bertz CT molecular complexity index is 688. The zero-order valence-corrected chi connectivity index (χ0v) is 17.4. The number of alkyl halides is 3. The van der Waals surface area contributed by atoms with E-state index in [9.17, 15) is 13.2 Å². The van der Waals surface area contributed by atoms with Crippen LogP contribution in [-0.4, -0.2) is 33.8 Å². The second-order valence-corrected chi connectivity index (χ2v) is 5.73. The van der Waals surface area contributed by atoms with Crippen LogP contribution in [0.2, 0.25) is 0 Å². The third-order valence-electron chi connectivity index (χ3n) is 3.62. The van der Waals surface area contributed by atoms with Crippen LogP contribution >= 0.6 is 24.0 Å². The number of nitrogens with one attached hydrogen (secondary N) is 2. The number of guanidine groups is 1. The van der Waals surface area contributed by atoms with Crippen molar-refractivity contribution in [2.24, 2.45) is 4.99 Å². The molecule has 1 aromatic heterocycles. The van der Waals surface area contributed by atoms with Crippen LogP contribution in [0.1, 0.15) is 30.9 Å². The van der Waals surface area contributed by atoms with Crippen LogP contribution in [-0.2, 0) is 19.3 Å². The lowest BCUT2D eigenvalue weighted by Gasteiger charge is -2.12. The van der Waals surface area contributed by atoms with Crippen molar-refractivity contribution >= 4 is 29.9 Å². The number of halogens is 4. The van der Waals surface area contributed by atoms with Crippen LogP contribution < -0.4 is 10.6 Å².